The van der Waals surface area contributed by atoms with Gasteiger partial charge < -0.3 is 9.73 Å². The first-order chi connectivity index (χ1) is 12.5. The number of carbonyl (C=O) groups excluding carboxylic acids is 2. The summed E-state index contributed by atoms with van der Waals surface area (Å²) in [5.74, 6) is -1.39. The first-order valence-electron chi connectivity index (χ1n) is 8.14. The highest BCUT2D eigenvalue weighted by molar-refractivity contribution is 6.49. The second-order valence-corrected chi connectivity index (χ2v) is 5.59. The number of hydrogen-bond acceptors (Lipinski definition) is 4. The van der Waals surface area contributed by atoms with Crippen molar-refractivity contribution in [1.82, 2.24) is 0 Å². The number of carbonyl (C=O) groups is 2. The van der Waals surface area contributed by atoms with E-state index in [9.17, 15) is 18.4 Å². The molecule has 2 aromatic carbocycles. The molecule has 0 aliphatic heterocycles. The lowest BCUT2D eigenvalue weighted by Gasteiger charge is -2.06. The molecule has 0 saturated carbocycles. The van der Waals surface area contributed by atoms with Crippen LogP contribution in [0.4, 0.5) is 8.78 Å². The third-order valence-corrected chi connectivity index (χ3v) is 3.72. The molecule has 6 heteroatoms. The number of nitrogens with zero attached hydrogens (tertiary/aromatic N) is 1. The summed E-state index contributed by atoms with van der Waals surface area (Å²) in [6.45, 7) is -2.94. The van der Waals surface area contributed by atoms with E-state index in [4.69, 9.17) is 0 Å². The van der Waals surface area contributed by atoms with E-state index < -0.39 is 18.2 Å². The van der Waals surface area contributed by atoms with Gasteiger partial charge in [0, 0.05) is 18.2 Å². The normalized spacial score (nSPS) is 11.1. The molecule has 0 aromatic heterocycles. The van der Waals surface area contributed by atoms with Crippen molar-refractivity contribution in [3.63, 3.8) is 0 Å². The number of aliphatic imine (C=N–C) groups is 1. The molecule has 136 valence electrons. The molecular formula is C20H19F2NO3. The number of hydrogen-bond donors (Lipinski definition) is 0. The van der Waals surface area contributed by atoms with E-state index >= 15 is 0 Å². The number of ether oxygens (including phenoxy) is 1. The van der Waals surface area contributed by atoms with E-state index in [2.05, 4.69) is 9.73 Å². The highest BCUT2D eigenvalue weighted by Gasteiger charge is 2.19. The number of alkyl halides is 2. The summed E-state index contributed by atoms with van der Waals surface area (Å²) in [6.07, 6.45) is 4.36. The summed E-state index contributed by atoms with van der Waals surface area (Å²) < 4.78 is 28.5. The number of aryl methyl sites for hydroxylation is 1. The predicted octanol–water partition coefficient (Wildman–Crippen LogP) is 4.38. The number of rotatable bonds is 9. The molecule has 2 aromatic rings. The lowest BCUT2D eigenvalue weighted by Crippen LogP contribution is -2.14. The molecule has 0 saturated heterocycles. The van der Waals surface area contributed by atoms with Crippen molar-refractivity contribution in [2.75, 3.05) is 7.05 Å². The van der Waals surface area contributed by atoms with Crippen LogP contribution < -0.4 is 4.74 Å². The summed E-state index contributed by atoms with van der Waals surface area (Å²) in [5.41, 5.74) is 1.40. The Morgan fingerprint density at radius 2 is 1.77 bits per heavy atom. The molecule has 0 aliphatic rings. The number of unbranched alkanes of at least 4 members (excludes halogenated alkanes) is 1. The minimum Gasteiger partial charge on any atom is -0.435 e. The number of halogens is 2. The topological polar surface area (TPSA) is 55.7 Å². The second kappa shape index (κ2) is 9.56. The Morgan fingerprint density at radius 3 is 2.42 bits per heavy atom. The van der Waals surface area contributed by atoms with Gasteiger partial charge in [0.15, 0.2) is 0 Å². The van der Waals surface area contributed by atoms with Gasteiger partial charge in [0.1, 0.15) is 5.75 Å². The van der Waals surface area contributed by atoms with Crippen LogP contribution in [0.25, 0.3) is 0 Å². The number of ketones is 2. The maximum Gasteiger partial charge on any atom is 0.387 e. The van der Waals surface area contributed by atoms with Crippen molar-refractivity contribution in [2.24, 2.45) is 4.99 Å². The molecule has 0 amide bonds. The van der Waals surface area contributed by atoms with Gasteiger partial charge in [-0.1, -0.05) is 18.2 Å². The van der Waals surface area contributed by atoms with E-state index in [1.54, 1.807) is 25.2 Å². The minimum absolute atomic E-state index is 0.0679. The smallest absolute Gasteiger partial charge is 0.387 e. The molecule has 4 nitrogen and oxygen atoms in total. The van der Waals surface area contributed by atoms with Crippen LogP contribution in [0.3, 0.4) is 0 Å². The quantitative estimate of drug-likeness (QED) is 0.289. The zero-order valence-electron chi connectivity index (χ0n) is 14.3. The van der Waals surface area contributed by atoms with Gasteiger partial charge in [-0.3, -0.25) is 9.59 Å². The zero-order chi connectivity index (χ0) is 18.9. The predicted molar refractivity (Wildman–Crippen MR) is 95.5 cm³/mol. The summed E-state index contributed by atoms with van der Waals surface area (Å²) in [5, 5.41) is 0. The Bertz CT molecular complexity index is 786. The van der Waals surface area contributed by atoms with Crippen molar-refractivity contribution in [2.45, 2.75) is 25.9 Å². The first kappa shape index (κ1) is 19.4. The molecule has 0 N–H and O–H groups in total. The number of Topliss-reactive ketones (excluding diaryl/α,β-unsaturated/α-hetero) is 2. The Kier molecular flexibility index (Phi) is 7.14. The highest BCUT2D eigenvalue weighted by atomic mass is 19.3. The van der Waals surface area contributed by atoms with Crippen molar-refractivity contribution >= 4 is 17.8 Å². The average molecular weight is 359 g/mol. The van der Waals surface area contributed by atoms with Crippen LogP contribution >= 0.6 is 0 Å². The van der Waals surface area contributed by atoms with E-state index in [-0.39, 0.29) is 11.3 Å². The van der Waals surface area contributed by atoms with Crippen molar-refractivity contribution in [3.8, 4) is 5.75 Å². The van der Waals surface area contributed by atoms with Gasteiger partial charge in [-0.2, -0.15) is 8.78 Å². The molecule has 26 heavy (non-hydrogen) atoms. The fraction of sp³-hybridized carbons (Fsp3) is 0.250. The van der Waals surface area contributed by atoms with Crippen LogP contribution in [0.1, 0.15) is 39.1 Å². The van der Waals surface area contributed by atoms with Crippen molar-refractivity contribution in [3.05, 3.63) is 65.2 Å². The summed E-state index contributed by atoms with van der Waals surface area (Å²) in [7, 11) is 1.72. The zero-order valence-corrected chi connectivity index (χ0v) is 14.3. The van der Waals surface area contributed by atoms with Crippen LogP contribution in [0, 0.1) is 0 Å². The third kappa shape index (κ3) is 5.58. The molecule has 2 rings (SSSR count). The van der Waals surface area contributed by atoms with E-state index in [1.165, 1.54) is 24.3 Å². The van der Waals surface area contributed by atoms with E-state index in [1.807, 2.05) is 12.3 Å². The van der Waals surface area contributed by atoms with Gasteiger partial charge >= 0.3 is 6.61 Å². The maximum absolute atomic E-state index is 12.4. The van der Waals surface area contributed by atoms with Crippen molar-refractivity contribution < 1.29 is 23.1 Å². The lowest BCUT2D eigenvalue weighted by atomic mass is 9.98. The Hall–Kier alpha value is -2.89. The lowest BCUT2D eigenvalue weighted by molar-refractivity contribution is -0.0498. The molecule has 0 bridgehead atoms. The Labute approximate surface area is 150 Å². The SMILES string of the molecule is CN=CCCCc1cccc(C(=O)C(=O)c2ccc(OC(F)F)cc2)c1. The summed E-state index contributed by atoms with van der Waals surface area (Å²) in [6, 6.07) is 12.0. The Balaban J connectivity index is 2.06. The highest BCUT2D eigenvalue weighted by Crippen LogP contribution is 2.17. The van der Waals surface area contributed by atoms with Gasteiger partial charge in [-0.15, -0.1) is 0 Å². The fourth-order valence-electron chi connectivity index (χ4n) is 2.44. The average Bonchev–Trinajstić information content (AvgIpc) is 2.64. The van der Waals surface area contributed by atoms with Crippen LogP contribution in [0.15, 0.2) is 53.5 Å². The fourth-order valence-corrected chi connectivity index (χ4v) is 2.44. The maximum atomic E-state index is 12.4. The molecule has 0 fully saturated rings. The molecule has 0 aliphatic carbocycles. The molecular weight excluding hydrogens is 340 g/mol. The van der Waals surface area contributed by atoms with Crippen LogP contribution in [0.5, 0.6) is 5.75 Å². The third-order valence-electron chi connectivity index (χ3n) is 3.72. The largest absolute Gasteiger partial charge is 0.435 e. The van der Waals surface area contributed by atoms with Gasteiger partial charge in [-0.25, -0.2) is 0 Å². The van der Waals surface area contributed by atoms with Crippen molar-refractivity contribution in [1.29, 1.82) is 0 Å². The van der Waals surface area contributed by atoms with Crippen LogP contribution in [-0.2, 0) is 6.42 Å². The first-order valence-corrected chi connectivity index (χ1v) is 8.14. The number of benzene rings is 2. The van der Waals surface area contributed by atoms with Crippen LogP contribution in [-0.4, -0.2) is 31.4 Å². The monoisotopic (exact) mass is 359 g/mol. The minimum atomic E-state index is -2.94. The molecule has 0 unspecified atom stereocenters. The summed E-state index contributed by atoms with van der Waals surface area (Å²) >= 11 is 0. The Morgan fingerprint density at radius 1 is 1.08 bits per heavy atom. The molecule has 0 atom stereocenters. The van der Waals surface area contributed by atoms with E-state index in [0.717, 1.165) is 24.8 Å². The van der Waals surface area contributed by atoms with Crippen LogP contribution in [0.2, 0.25) is 0 Å². The van der Waals surface area contributed by atoms with Gasteiger partial charge in [0.2, 0.25) is 11.6 Å². The van der Waals surface area contributed by atoms with E-state index in [0.29, 0.717) is 5.56 Å². The standard InChI is InChI=1S/C20H19F2NO3/c1-23-12-3-2-5-14-6-4-7-16(13-14)19(25)18(24)15-8-10-17(11-9-15)26-20(21)22/h4,6-13,20H,2-3,5H2,1H3. The molecule has 0 heterocycles. The van der Waals surface area contributed by atoms with Gasteiger partial charge in [0.05, 0.1) is 0 Å². The second-order valence-electron chi connectivity index (χ2n) is 5.59. The molecule has 0 radical (unpaired) electrons. The van der Waals surface area contributed by atoms with Gasteiger partial charge in [-0.05, 0) is 61.4 Å². The van der Waals surface area contributed by atoms with Gasteiger partial charge in [0.25, 0.3) is 0 Å². The summed E-state index contributed by atoms with van der Waals surface area (Å²) in [4.78, 5) is 28.7. The molecule has 0 spiro atoms.